The standard InChI is InChI=1S/C16H28O2/c1-13(2)9-7-5-6-8-10-16(11-12-16)18-15(17)14(3)4/h13H,3,5-12H2,1-2,4H3. The Bertz CT molecular complexity index is 287. The fourth-order valence-corrected chi connectivity index (χ4v) is 2.18. The topological polar surface area (TPSA) is 26.3 Å². The van der Waals surface area contributed by atoms with Gasteiger partial charge in [0.1, 0.15) is 5.60 Å². The van der Waals surface area contributed by atoms with Gasteiger partial charge in [-0.1, -0.05) is 46.1 Å². The minimum Gasteiger partial charge on any atom is -0.456 e. The molecule has 0 N–H and O–H groups in total. The van der Waals surface area contributed by atoms with Crippen molar-refractivity contribution in [3.63, 3.8) is 0 Å². The molecule has 0 heterocycles. The monoisotopic (exact) mass is 252 g/mol. The molecule has 0 spiro atoms. The minimum atomic E-state index is -0.215. The van der Waals surface area contributed by atoms with Crippen molar-refractivity contribution in [3.05, 3.63) is 12.2 Å². The van der Waals surface area contributed by atoms with Crippen LogP contribution in [0.4, 0.5) is 0 Å². The summed E-state index contributed by atoms with van der Waals surface area (Å²) in [5, 5.41) is 0. The molecule has 0 radical (unpaired) electrons. The van der Waals surface area contributed by atoms with E-state index in [1.807, 2.05) is 0 Å². The van der Waals surface area contributed by atoms with Gasteiger partial charge >= 0.3 is 5.97 Å². The van der Waals surface area contributed by atoms with Gasteiger partial charge in [-0.05, 0) is 38.5 Å². The highest BCUT2D eigenvalue weighted by Crippen LogP contribution is 2.44. The third kappa shape index (κ3) is 5.70. The lowest BCUT2D eigenvalue weighted by atomic mass is 10.0. The molecule has 1 fully saturated rings. The van der Waals surface area contributed by atoms with E-state index in [0.717, 1.165) is 25.2 Å². The quantitative estimate of drug-likeness (QED) is 0.339. The van der Waals surface area contributed by atoms with Gasteiger partial charge in [-0.25, -0.2) is 4.79 Å². The zero-order valence-electron chi connectivity index (χ0n) is 12.3. The molecule has 0 aromatic heterocycles. The Morgan fingerprint density at radius 3 is 2.33 bits per heavy atom. The first-order valence-electron chi connectivity index (χ1n) is 7.34. The van der Waals surface area contributed by atoms with Crippen LogP contribution < -0.4 is 0 Å². The molecule has 1 aliphatic carbocycles. The highest BCUT2D eigenvalue weighted by atomic mass is 16.6. The van der Waals surface area contributed by atoms with E-state index in [0.29, 0.717) is 5.57 Å². The lowest BCUT2D eigenvalue weighted by molar-refractivity contribution is -0.146. The van der Waals surface area contributed by atoms with Crippen molar-refractivity contribution in [2.24, 2.45) is 5.92 Å². The molecule has 104 valence electrons. The maximum Gasteiger partial charge on any atom is 0.333 e. The van der Waals surface area contributed by atoms with Crippen LogP contribution in [0.3, 0.4) is 0 Å². The zero-order chi connectivity index (χ0) is 13.6. The number of carbonyl (C=O) groups is 1. The molecule has 0 aromatic rings. The first kappa shape index (κ1) is 15.3. The van der Waals surface area contributed by atoms with Crippen LogP contribution in [0.5, 0.6) is 0 Å². The average molecular weight is 252 g/mol. The van der Waals surface area contributed by atoms with Crippen molar-refractivity contribution in [2.45, 2.75) is 77.7 Å². The summed E-state index contributed by atoms with van der Waals surface area (Å²) in [7, 11) is 0. The van der Waals surface area contributed by atoms with Gasteiger partial charge in [0.15, 0.2) is 0 Å². The maximum absolute atomic E-state index is 11.5. The Morgan fingerprint density at radius 2 is 1.83 bits per heavy atom. The fourth-order valence-electron chi connectivity index (χ4n) is 2.18. The third-order valence-electron chi connectivity index (χ3n) is 3.63. The van der Waals surface area contributed by atoms with Crippen molar-refractivity contribution < 1.29 is 9.53 Å². The summed E-state index contributed by atoms with van der Waals surface area (Å²) in [6.45, 7) is 9.89. The highest BCUT2D eigenvalue weighted by Gasteiger charge is 2.45. The van der Waals surface area contributed by atoms with E-state index in [1.54, 1.807) is 6.92 Å². The molecular weight excluding hydrogens is 224 g/mol. The second kappa shape index (κ2) is 6.96. The second-order valence-electron chi connectivity index (χ2n) is 6.20. The summed E-state index contributed by atoms with van der Waals surface area (Å²) in [5.41, 5.74) is 0.395. The molecule has 0 aliphatic heterocycles. The first-order chi connectivity index (χ1) is 8.45. The summed E-state index contributed by atoms with van der Waals surface area (Å²) in [4.78, 5) is 11.5. The van der Waals surface area contributed by atoms with Crippen molar-refractivity contribution in [2.75, 3.05) is 0 Å². The summed E-state index contributed by atoms with van der Waals surface area (Å²) < 4.78 is 5.52. The van der Waals surface area contributed by atoms with Gasteiger partial charge in [0.2, 0.25) is 0 Å². The zero-order valence-corrected chi connectivity index (χ0v) is 12.3. The number of carbonyl (C=O) groups excluding carboxylic acids is 1. The van der Waals surface area contributed by atoms with Gasteiger partial charge in [0.05, 0.1) is 0 Å². The molecule has 18 heavy (non-hydrogen) atoms. The van der Waals surface area contributed by atoms with Crippen molar-refractivity contribution >= 4 is 5.97 Å². The van der Waals surface area contributed by atoms with E-state index in [1.165, 1.54) is 32.1 Å². The lowest BCUT2D eigenvalue weighted by Crippen LogP contribution is -2.19. The van der Waals surface area contributed by atoms with Crippen LogP contribution in [-0.4, -0.2) is 11.6 Å². The van der Waals surface area contributed by atoms with Gasteiger partial charge in [0, 0.05) is 5.57 Å². The molecular formula is C16H28O2. The van der Waals surface area contributed by atoms with E-state index in [9.17, 15) is 4.79 Å². The Morgan fingerprint density at radius 1 is 1.22 bits per heavy atom. The predicted octanol–water partition coefficient (Wildman–Crippen LogP) is 4.63. The smallest absolute Gasteiger partial charge is 0.333 e. The number of unbranched alkanes of at least 4 members (excludes halogenated alkanes) is 3. The molecule has 2 nitrogen and oxygen atoms in total. The van der Waals surface area contributed by atoms with Crippen LogP contribution in [0.25, 0.3) is 0 Å². The lowest BCUT2D eigenvalue weighted by Gasteiger charge is -2.16. The third-order valence-corrected chi connectivity index (χ3v) is 3.63. The van der Waals surface area contributed by atoms with Crippen LogP contribution in [0, 0.1) is 5.92 Å². The normalized spacial score (nSPS) is 16.7. The molecule has 1 rings (SSSR count). The molecule has 2 heteroatoms. The number of esters is 1. The van der Waals surface area contributed by atoms with Crippen LogP contribution in [0.15, 0.2) is 12.2 Å². The van der Waals surface area contributed by atoms with E-state index in [4.69, 9.17) is 4.74 Å². The molecule has 1 saturated carbocycles. The van der Waals surface area contributed by atoms with E-state index in [-0.39, 0.29) is 11.6 Å². The molecule has 0 bridgehead atoms. The van der Waals surface area contributed by atoms with Crippen molar-refractivity contribution in [3.8, 4) is 0 Å². The molecule has 0 saturated heterocycles. The van der Waals surface area contributed by atoms with E-state index in [2.05, 4.69) is 20.4 Å². The van der Waals surface area contributed by atoms with Crippen molar-refractivity contribution in [1.82, 2.24) is 0 Å². The number of rotatable bonds is 9. The first-order valence-corrected chi connectivity index (χ1v) is 7.34. The van der Waals surface area contributed by atoms with Crippen LogP contribution in [-0.2, 0) is 9.53 Å². The molecule has 0 atom stereocenters. The van der Waals surface area contributed by atoms with Gasteiger partial charge in [-0.2, -0.15) is 0 Å². The Kier molecular flexibility index (Phi) is 5.90. The van der Waals surface area contributed by atoms with Crippen LogP contribution in [0.1, 0.15) is 72.1 Å². The Labute approximate surface area is 112 Å². The number of hydrogen-bond acceptors (Lipinski definition) is 2. The fraction of sp³-hybridized carbons (Fsp3) is 0.812. The largest absolute Gasteiger partial charge is 0.456 e. The summed E-state index contributed by atoms with van der Waals surface area (Å²) in [5.74, 6) is 0.601. The molecule has 0 aromatic carbocycles. The van der Waals surface area contributed by atoms with Gasteiger partial charge in [-0.3, -0.25) is 0 Å². The highest BCUT2D eigenvalue weighted by molar-refractivity contribution is 5.87. The number of ether oxygens (including phenoxy) is 1. The van der Waals surface area contributed by atoms with Crippen LogP contribution >= 0.6 is 0 Å². The van der Waals surface area contributed by atoms with E-state index >= 15 is 0 Å². The summed E-state index contributed by atoms with van der Waals surface area (Å²) in [6.07, 6.45) is 9.53. The predicted molar refractivity (Wildman–Crippen MR) is 75.4 cm³/mol. The molecule has 0 amide bonds. The Hall–Kier alpha value is -0.790. The molecule has 0 unspecified atom stereocenters. The minimum absolute atomic E-state index is 0.117. The second-order valence-corrected chi connectivity index (χ2v) is 6.20. The SMILES string of the molecule is C=C(C)C(=O)OC1(CCCCCCC(C)C)CC1. The van der Waals surface area contributed by atoms with Gasteiger partial charge in [0.25, 0.3) is 0 Å². The number of hydrogen-bond donors (Lipinski definition) is 0. The molecule has 1 aliphatic rings. The van der Waals surface area contributed by atoms with Gasteiger partial charge < -0.3 is 4.74 Å². The van der Waals surface area contributed by atoms with Gasteiger partial charge in [-0.15, -0.1) is 0 Å². The summed E-state index contributed by atoms with van der Waals surface area (Å²) in [6, 6.07) is 0. The van der Waals surface area contributed by atoms with Crippen molar-refractivity contribution in [1.29, 1.82) is 0 Å². The Balaban J connectivity index is 2.08. The van der Waals surface area contributed by atoms with E-state index < -0.39 is 0 Å². The summed E-state index contributed by atoms with van der Waals surface area (Å²) >= 11 is 0. The average Bonchev–Trinajstić information content (AvgIpc) is 3.03. The maximum atomic E-state index is 11.5. The van der Waals surface area contributed by atoms with Crippen LogP contribution in [0.2, 0.25) is 0 Å².